The van der Waals surface area contributed by atoms with E-state index in [1.54, 1.807) is 4.68 Å². The molecule has 0 saturated heterocycles. The Balaban J connectivity index is 1.91. The van der Waals surface area contributed by atoms with Crippen molar-refractivity contribution in [2.45, 2.75) is 52.7 Å². The van der Waals surface area contributed by atoms with Crippen molar-refractivity contribution in [1.29, 1.82) is 0 Å². The van der Waals surface area contributed by atoms with E-state index < -0.39 is 0 Å². The van der Waals surface area contributed by atoms with E-state index in [4.69, 9.17) is 4.52 Å². The van der Waals surface area contributed by atoms with Gasteiger partial charge in [-0.25, -0.2) is 4.68 Å². The van der Waals surface area contributed by atoms with E-state index >= 15 is 0 Å². The molecule has 1 N–H and O–H groups in total. The number of nitrogens with one attached hydrogen (secondary N) is 1. The lowest BCUT2D eigenvalue weighted by atomic mass is 10.3. The maximum atomic E-state index is 5.13. The lowest BCUT2D eigenvalue weighted by molar-refractivity contribution is 0.370. The van der Waals surface area contributed by atoms with Crippen LogP contribution in [0.1, 0.15) is 44.6 Å². The predicted octanol–water partition coefficient (Wildman–Crippen LogP) is 1.16. The number of hydrogen-bond acceptors (Lipinski definition) is 6. The molecule has 2 aromatic heterocycles. The Morgan fingerprint density at radius 1 is 1.42 bits per heavy atom. The van der Waals surface area contributed by atoms with Crippen LogP contribution in [-0.2, 0) is 19.5 Å². The van der Waals surface area contributed by atoms with Gasteiger partial charge in [0.1, 0.15) is 6.54 Å². The highest BCUT2D eigenvalue weighted by molar-refractivity contribution is 4.94. The number of hydrogen-bond donors (Lipinski definition) is 1. The second-order valence-electron chi connectivity index (χ2n) is 4.80. The van der Waals surface area contributed by atoms with Crippen LogP contribution in [0.2, 0.25) is 0 Å². The Bertz CT molecular complexity index is 504. The van der Waals surface area contributed by atoms with E-state index in [1.165, 1.54) is 0 Å². The van der Waals surface area contributed by atoms with E-state index in [2.05, 4.69) is 46.5 Å². The van der Waals surface area contributed by atoms with Gasteiger partial charge >= 0.3 is 0 Å². The minimum absolute atomic E-state index is 0.430. The van der Waals surface area contributed by atoms with Crippen LogP contribution in [0.4, 0.5) is 0 Å². The molecule has 2 rings (SSSR count). The van der Waals surface area contributed by atoms with Crippen molar-refractivity contribution >= 4 is 0 Å². The van der Waals surface area contributed by atoms with Gasteiger partial charge in [0.15, 0.2) is 5.82 Å². The van der Waals surface area contributed by atoms with Gasteiger partial charge in [0.25, 0.3) is 0 Å². The summed E-state index contributed by atoms with van der Waals surface area (Å²) >= 11 is 0. The highest BCUT2D eigenvalue weighted by atomic mass is 16.5. The van der Waals surface area contributed by atoms with Crippen molar-refractivity contribution in [1.82, 2.24) is 30.5 Å². The topological polar surface area (TPSA) is 81.7 Å². The molecular formula is C12H20N6O. The Labute approximate surface area is 112 Å². The standard InChI is InChI=1S/C12H20N6O/c1-4-5-12-14-11(16-19-12)8-18-7-10(15-17-18)6-13-9(2)3/h7,9,13H,4-6,8H2,1-3H3. The molecule has 0 spiro atoms. The van der Waals surface area contributed by atoms with E-state index in [0.29, 0.717) is 30.8 Å². The van der Waals surface area contributed by atoms with Gasteiger partial charge in [-0.05, 0) is 6.42 Å². The normalized spacial score (nSPS) is 11.4. The van der Waals surface area contributed by atoms with Crippen molar-refractivity contribution in [3.05, 3.63) is 23.6 Å². The van der Waals surface area contributed by atoms with Crippen LogP contribution in [0.15, 0.2) is 10.7 Å². The molecule has 0 aliphatic rings. The van der Waals surface area contributed by atoms with E-state index in [0.717, 1.165) is 18.5 Å². The first-order valence-corrected chi connectivity index (χ1v) is 6.61. The Kier molecular flexibility index (Phi) is 4.62. The fourth-order valence-corrected chi connectivity index (χ4v) is 1.62. The molecule has 0 atom stereocenters. The summed E-state index contributed by atoms with van der Waals surface area (Å²) in [7, 11) is 0. The third-order valence-corrected chi connectivity index (χ3v) is 2.55. The molecule has 0 amide bonds. The van der Waals surface area contributed by atoms with Crippen LogP contribution in [0.25, 0.3) is 0 Å². The van der Waals surface area contributed by atoms with Gasteiger partial charge in [-0.3, -0.25) is 0 Å². The summed E-state index contributed by atoms with van der Waals surface area (Å²) < 4.78 is 6.85. The lowest BCUT2D eigenvalue weighted by Gasteiger charge is -2.03. The van der Waals surface area contributed by atoms with Gasteiger partial charge < -0.3 is 9.84 Å². The molecule has 0 aliphatic carbocycles. The molecule has 0 aromatic carbocycles. The van der Waals surface area contributed by atoms with Crippen molar-refractivity contribution < 1.29 is 4.52 Å². The minimum atomic E-state index is 0.430. The molecule has 19 heavy (non-hydrogen) atoms. The number of aromatic nitrogens is 5. The van der Waals surface area contributed by atoms with Crippen molar-refractivity contribution in [3.63, 3.8) is 0 Å². The van der Waals surface area contributed by atoms with Crippen molar-refractivity contribution in [2.24, 2.45) is 0 Å². The Morgan fingerprint density at radius 3 is 3.00 bits per heavy atom. The van der Waals surface area contributed by atoms with Crippen LogP contribution in [0.5, 0.6) is 0 Å². The van der Waals surface area contributed by atoms with Gasteiger partial charge in [0.2, 0.25) is 5.89 Å². The average molecular weight is 264 g/mol. The number of rotatable bonds is 7. The van der Waals surface area contributed by atoms with Gasteiger partial charge in [0, 0.05) is 19.0 Å². The molecule has 2 heterocycles. The first kappa shape index (κ1) is 13.7. The maximum absolute atomic E-state index is 5.13. The monoisotopic (exact) mass is 264 g/mol. The Morgan fingerprint density at radius 2 is 2.26 bits per heavy atom. The quantitative estimate of drug-likeness (QED) is 0.808. The predicted molar refractivity (Wildman–Crippen MR) is 69.4 cm³/mol. The molecule has 7 heteroatoms. The average Bonchev–Trinajstić information content (AvgIpc) is 2.98. The highest BCUT2D eigenvalue weighted by Crippen LogP contribution is 2.03. The van der Waals surface area contributed by atoms with Crippen LogP contribution >= 0.6 is 0 Å². The van der Waals surface area contributed by atoms with Crippen molar-refractivity contribution in [3.8, 4) is 0 Å². The maximum Gasteiger partial charge on any atom is 0.226 e. The summed E-state index contributed by atoms with van der Waals surface area (Å²) in [6, 6.07) is 0.430. The van der Waals surface area contributed by atoms with Gasteiger partial charge in [-0.15, -0.1) is 5.10 Å². The summed E-state index contributed by atoms with van der Waals surface area (Å²) in [5.74, 6) is 1.32. The van der Waals surface area contributed by atoms with Crippen molar-refractivity contribution in [2.75, 3.05) is 0 Å². The molecule has 7 nitrogen and oxygen atoms in total. The smallest absolute Gasteiger partial charge is 0.226 e. The lowest BCUT2D eigenvalue weighted by Crippen LogP contribution is -2.21. The minimum Gasteiger partial charge on any atom is -0.339 e. The van der Waals surface area contributed by atoms with Gasteiger partial charge in [-0.1, -0.05) is 31.1 Å². The van der Waals surface area contributed by atoms with Crippen LogP contribution in [0, 0.1) is 0 Å². The van der Waals surface area contributed by atoms with Gasteiger partial charge in [0.05, 0.1) is 11.9 Å². The second kappa shape index (κ2) is 6.42. The zero-order chi connectivity index (χ0) is 13.7. The van der Waals surface area contributed by atoms with Crippen LogP contribution in [0.3, 0.4) is 0 Å². The largest absolute Gasteiger partial charge is 0.339 e. The molecule has 104 valence electrons. The fourth-order valence-electron chi connectivity index (χ4n) is 1.62. The van der Waals surface area contributed by atoms with Crippen LogP contribution < -0.4 is 5.32 Å². The SMILES string of the molecule is CCCc1nc(Cn2cc(CNC(C)C)nn2)no1. The molecule has 0 radical (unpaired) electrons. The third-order valence-electron chi connectivity index (χ3n) is 2.55. The fraction of sp³-hybridized carbons (Fsp3) is 0.667. The second-order valence-corrected chi connectivity index (χ2v) is 4.80. The molecule has 2 aromatic rings. The molecule has 0 unspecified atom stereocenters. The summed E-state index contributed by atoms with van der Waals surface area (Å²) in [6.07, 6.45) is 3.70. The first-order valence-electron chi connectivity index (χ1n) is 6.61. The third kappa shape index (κ3) is 4.13. The summed E-state index contributed by atoms with van der Waals surface area (Å²) in [4.78, 5) is 4.30. The molecule has 0 fully saturated rings. The van der Waals surface area contributed by atoms with E-state index in [1.807, 2.05) is 6.20 Å². The zero-order valence-corrected chi connectivity index (χ0v) is 11.6. The number of nitrogens with zero attached hydrogens (tertiary/aromatic N) is 5. The van der Waals surface area contributed by atoms with E-state index in [9.17, 15) is 0 Å². The van der Waals surface area contributed by atoms with Gasteiger partial charge in [-0.2, -0.15) is 4.98 Å². The summed E-state index contributed by atoms with van der Waals surface area (Å²) in [5.41, 5.74) is 0.908. The number of aryl methyl sites for hydroxylation is 1. The summed E-state index contributed by atoms with van der Waals surface area (Å²) in [5, 5.41) is 15.4. The molecule has 0 saturated carbocycles. The molecule has 0 aliphatic heterocycles. The molecular weight excluding hydrogens is 244 g/mol. The zero-order valence-electron chi connectivity index (χ0n) is 11.6. The van der Waals surface area contributed by atoms with E-state index in [-0.39, 0.29) is 0 Å². The Hall–Kier alpha value is -1.76. The molecule has 0 bridgehead atoms. The van der Waals surface area contributed by atoms with Crippen LogP contribution in [-0.4, -0.2) is 31.2 Å². The highest BCUT2D eigenvalue weighted by Gasteiger charge is 2.08. The first-order chi connectivity index (χ1) is 9.17. The summed E-state index contributed by atoms with van der Waals surface area (Å²) in [6.45, 7) is 7.47.